The van der Waals surface area contributed by atoms with E-state index in [4.69, 9.17) is 19.3 Å². The number of rotatable bonds is 7. The van der Waals surface area contributed by atoms with Crippen LogP contribution in [0, 0.1) is 5.92 Å². The van der Waals surface area contributed by atoms with Gasteiger partial charge < -0.3 is 19.3 Å². The average molecular weight is 394 g/mol. The molecule has 148 valence electrons. The highest BCUT2D eigenvalue weighted by molar-refractivity contribution is 7.51. The normalized spacial score (nSPS) is 20.6. The van der Waals surface area contributed by atoms with E-state index in [0.717, 1.165) is 48.7 Å². The summed E-state index contributed by atoms with van der Waals surface area (Å²) in [5.41, 5.74) is 1.90. The van der Waals surface area contributed by atoms with Crippen molar-refractivity contribution in [3.63, 3.8) is 0 Å². The second-order valence-corrected chi connectivity index (χ2v) is 9.01. The maximum Gasteiger partial charge on any atom is 0.325 e. The lowest BCUT2D eigenvalue weighted by molar-refractivity contribution is 0.303. The zero-order chi connectivity index (χ0) is 19.4. The Balaban J connectivity index is 1.71. The van der Waals surface area contributed by atoms with Crippen molar-refractivity contribution in [1.82, 2.24) is 9.97 Å². The topological polar surface area (TPSA) is 102 Å². The second kappa shape index (κ2) is 8.55. The monoisotopic (exact) mass is 394 g/mol. The summed E-state index contributed by atoms with van der Waals surface area (Å²) in [7, 11) is -0.643. The number of hydrogen-bond acceptors (Lipinski definition) is 5. The molecule has 8 heteroatoms. The fourth-order valence-corrected chi connectivity index (χ4v) is 4.63. The van der Waals surface area contributed by atoms with E-state index in [1.165, 1.54) is 0 Å². The quantitative estimate of drug-likeness (QED) is 0.687. The summed E-state index contributed by atoms with van der Waals surface area (Å²) < 4.78 is 21.8. The van der Waals surface area contributed by atoms with Crippen LogP contribution in [0.4, 0.5) is 0 Å². The summed E-state index contributed by atoms with van der Waals surface area (Å²) in [4.78, 5) is 26.9. The van der Waals surface area contributed by atoms with Crippen molar-refractivity contribution in [2.45, 2.75) is 44.4 Å². The lowest BCUT2D eigenvalue weighted by Crippen LogP contribution is -2.15. The number of benzene rings is 1. The zero-order valence-corrected chi connectivity index (χ0v) is 16.7. The van der Waals surface area contributed by atoms with Crippen molar-refractivity contribution in [3.05, 3.63) is 24.2 Å². The van der Waals surface area contributed by atoms with Gasteiger partial charge in [-0.3, -0.25) is 4.57 Å². The molecule has 1 aliphatic rings. The van der Waals surface area contributed by atoms with Crippen molar-refractivity contribution in [2.24, 2.45) is 5.92 Å². The number of fused-ring (bicyclic) bond motifs is 1. The van der Waals surface area contributed by atoms with Crippen LogP contribution in [-0.2, 0) is 4.57 Å². The summed E-state index contributed by atoms with van der Waals surface area (Å²) in [5, 5.41) is 1.00. The number of aromatic nitrogens is 2. The van der Waals surface area contributed by atoms with Crippen LogP contribution in [0.2, 0.25) is 0 Å². The Bertz CT molecular complexity index is 830. The molecule has 0 atom stereocenters. The highest BCUT2D eigenvalue weighted by Gasteiger charge is 2.26. The molecule has 0 amide bonds. The fraction of sp³-hybridized carbons (Fsp3) is 0.579. The molecule has 2 aromatic rings. The molecule has 1 heterocycles. The molecule has 0 aliphatic heterocycles. The van der Waals surface area contributed by atoms with Gasteiger partial charge >= 0.3 is 7.60 Å². The molecular weight excluding hydrogens is 367 g/mol. The van der Waals surface area contributed by atoms with Gasteiger partial charge in [-0.25, -0.2) is 9.97 Å². The molecule has 3 rings (SSSR count). The lowest BCUT2D eigenvalue weighted by Gasteiger charge is -2.28. The SMILES string of the molecule is COc1cc2ncnc(C3CCC(CCCP(=O)(O)O)CC3)c2cc1OC. The number of hydrogen-bond donors (Lipinski definition) is 2. The van der Waals surface area contributed by atoms with Gasteiger partial charge in [0.1, 0.15) is 6.33 Å². The first-order valence-corrected chi connectivity index (χ1v) is 11.1. The molecule has 1 aromatic heterocycles. The molecule has 1 aromatic carbocycles. The molecular formula is C19H27N2O5P. The molecule has 2 N–H and O–H groups in total. The summed E-state index contributed by atoms with van der Waals surface area (Å²) >= 11 is 0. The highest BCUT2D eigenvalue weighted by atomic mass is 31.2. The predicted octanol–water partition coefficient (Wildman–Crippen LogP) is 3.88. The first kappa shape index (κ1) is 20.1. The number of ether oxygens (including phenoxy) is 2. The third-order valence-electron chi connectivity index (χ3n) is 5.47. The molecule has 0 radical (unpaired) electrons. The molecule has 0 saturated heterocycles. The maximum atomic E-state index is 11.0. The van der Waals surface area contributed by atoms with Crippen LogP contribution in [0.5, 0.6) is 11.5 Å². The zero-order valence-electron chi connectivity index (χ0n) is 15.8. The van der Waals surface area contributed by atoms with E-state index >= 15 is 0 Å². The van der Waals surface area contributed by atoms with Crippen LogP contribution in [0.25, 0.3) is 10.9 Å². The van der Waals surface area contributed by atoms with Gasteiger partial charge in [-0.1, -0.05) is 0 Å². The number of nitrogens with zero attached hydrogens (tertiary/aromatic N) is 2. The minimum Gasteiger partial charge on any atom is -0.493 e. The lowest BCUT2D eigenvalue weighted by atomic mass is 9.78. The Morgan fingerprint density at radius 3 is 2.37 bits per heavy atom. The second-order valence-electron chi connectivity index (χ2n) is 7.23. The van der Waals surface area contributed by atoms with E-state index in [0.29, 0.717) is 29.8 Å². The van der Waals surface area contributed by atoms with Crippen LogP contribution in [0.3, 0.4) is 0 Å². The van der Waals surface area contributed by atoms with Gasteiger partial charge in [0, 0.05) is 23.5 Å². The number of methoxy groups -OCH3 is 2. The summed E-state index contributed by atoms with van der Waals surface area (Å²) in [6.07, 6.45) is 7.25. The fourth-order valence-electron chi connectivity index (χ4n) is 4.04. The molecule has 0 spiro atoms. The van der Waals surface area contributed by atoms with Gasteiger partial charge in [0.25, 0.3) is 0 Å². The van der Waals surface area contributed by atoms with Gasteiger partial charge in [0.15, 0.2) is 11.5 Å². The Morgan fingerprint density at radius 1 is 1.07 bits per heavy atom. The highest BCUT2D eigenvalue weighted by Crippen LogP contribution is 2.42. The summed E-state index contributed by atoms with van der Waals surface area (Å²) in [6.45, 7) is 0. The molecule has 1 fully saturated rings. The minimum atomic E-state index is -3.87. The summed E-state index contributed by atoms with van der Waals surface area (Å²) in [6, 6.07) is 3.84. The smallest absolute Gasteiger partial charge is 0.325 e. The van der Waals surface area contributed by atoms with E-state index < -0.39 is 7.60 Å². The van der Waals surface area contributed by atoms with Crippen molar-refractivity contribution >= 4 is 18.5 Å². The third-order valence-corrected chi connectivity index (χ3v) is 6.37. The van der Waals surface area contributed by atoms with Gasteiger partial charge in [0.05, 0.1) is 25.4 Å². The van der Waals surface area contributed by atoms with E-state index in [1.54, 1.807) is 20.5 Å². The molecule has 1 aliphatic carbocycles. The average Bonchev–Trinajstić information content (AvgIpc) is 2.66. The Hall–Kier alpha value is -1.69. The largest absolute Gasteiger partial charge is 0.493 e. The molecule has 27 heavy (non-hydrogen) atoms. The van der Waals surface area contributed by atoms with Gasteiger partial charge in [-0.05, 0) is 50.5 Å². The van der Waals surface area contributed by atoms with E-state index in [-0.39, 0.29) is 6.16 Å². The standard InChI is InChI=1S/C19H27N2O5P/c1-25-17-10-15-16(11-18(17)26-2)20-12-21-19(15)14-7-5-13(6-8-14)4-3-9-27(22,23)24/h10-14H,3-9H2,1-2H3,(H2,22,23,24). The van der Waals surface area contributed by atoms with Crippen molar-refractivity contribution in [1.29, 1.82) is 0 Å². The summed E-state index contributed by atoms with van der Waals surface area (Å²) in [5.74, 6) is 2.23. The van der Waals surface area contributed by atoms with E-state index in [9.17, 15) is 4.57 Å². The van der Waals surface area contributed by atoms with Gasteiger partial charge in [0.2, 0.25) is 0 Å². The van der Waals surface area contributed by atoms with E-state index in [2.05, 4.69) is 9.97 Å². The first-order valence-electron chi connectivity index (χ1n) is 9.32. The van der Waals surface area contributed by atoms with Crippen molar-refractivity contribution < 1.29 is 23.8 Å². The third kappa shape index (κ3) is 4.98. The molecule has 1 saturated carbocycles. The Labute approximate surface area is 159 Å². The predicted molar refractivity (Wildman–Crippen MR) is 103 cm³/mol. The van der Waals surface area contributed by atoms with Crippen molar-refractivity contribution in [2.75, 3.05) is 20.4 Å². The van der Waals surface area contributed by atoms with E-state index in [1.807, 2.05) is 12.1 Å². The first-order chi connectivity index (χ1) is 12.9. The Kier molecular flexibility index (Phi) is 6.35. The molecule has 0 unspecified atom stereocenters. The van der Waals surface area contributed by atoms with Crippen LogP contribution < -0.4 is 9.47 Å². The van der Waals surface area contributed by atoms with Crippen molar-refractivity contribution in [3.8, 4) is 11.5 Å². The Morgan fingerprint density at radius 2 is 1.74 bits per heavy atom. The minimum absolute atomic E-state index is 0.00883. The van der Waals surface area contributed by atoms with Crippen LogP contribution >= 0.6 is 7.60 Å². The van der Waals surface area contributed by atoms with Crippen LogP contribution in [-0.4, -0.2) is 40.1 Å². The molecule has 7 nitrogen and oxygen atoms in total. The maximum absolute atomic E-state index is 11.0. The van der Waals surface area contributed by atoms with Gasteiger partial charge in [-0.2, -0.15) is 0 Å². The van der Waals surface area contributed by atoms with Crippen LogP contribution in [0.15, 0.2) is 18.5 Å². The molecule has 0 bridgehead atoms. The van der Waals surface area contributed by atoms with Gasteiger partial charge in [-0.15, -0.1) is 0 Å². The van der Waals surface area contributed by atoms with Crippen LogP contribution in [0.1, 0.15) is 50.1 Å².